The number of nitrogens with one attached hydrogen (secondary N) is 2. The molecule has 8 heteroatoms. The van der Waals surface area contributed by atoms with E-state index in [9.17, 15) is 19.5 Å². The minimum absolute atomic E-state index is 0.151. The lowest BCUT2D eigenvalue weighted by Gasteiger charge is -2.20. The van der Waals surface area contributed by atoms with Gasteiger partial charge in [0.15, 0.2) is 0 Å². The number of hydrogen-bond acceptors (Lipinski definition) is 5. The van der Waals surface area contributed by atoms with Crippen LogP contribution < -0.4 is 10.6 Å². The number of thioether (sulfide) groups is 1. The Morgan fingerprint density at radius 2 is 1.80 bits per heavy atom. The van der Waals surface area contributed by atoms with E-state index in [4.69, 9.17) is 4.74 Å². The molecule has 0 saturated heterocycles. The number of benzene rings is 1. The van der Waals surface area contributed by atoms with Crippen LogP contribution in [-0.4, -0.2) is 53.8 Å². The van der Waals surface area contributed by atoms with Crippen molar-refractivity contribution in [2.24, 2.45) is 0 Å². The van der Waals surface area contributed by atoms with E-state index >= 15 is 0 Å². The zero-order valence-electron chi connectivity index (χ0n) is 14.4. The topological polar surface area (TPSA) is 105 Å². The summed E-state index contributed by atoms with van der Waals surface area (Å²) in [6.45, 7) is 1.90. The Hall–Kier alpha value is -2.22. The van der Waals surface area contributed by atoms with Crippen molar-refractivity contribution in [1.82, 2.24) is 10.6 Å². The van der Waals surface area contributed by atoms with Crippen molar-refractivity contribution in [3.8, 4) is 0 Å². The molecule has 0 aliphatic carbocycles. The number of rotatable bonds is 10. The summed E-state index contributed by atoms with van der Waals surface area (Å²) in [4.78, 5) is 35.4. The number of carbonyl (C=O) groups is 3. The highest BCUT2D eigenvalue weighted by atomic mass is 32.2. The van der Waals surface area contributed by atoms with E-state index in [-0.39, 0.29) is 13.0 Å². The molecule has 3 N–H and O–H groups in total. The zero-order valence-corrected chi connectivity index (χ0v) is 15.2. The number of urea groups is 1. The number of aliphatic carboxylic acids is 1. The van der Waals surface area contributed by atoms with Crippen molar-refractivity contribution >= 4 is 29.7 Å². The minimum Gasteiger partial charge on any atom is -0.480 e. The molecule has 0 bridgehead atoms. The molecule has 1 aromatic carbocycles. The van der Waals surface area contributed by atoms with Crippen LogP contribution in [0, 0.1) is 0 Å². The first-order chi connectivity index (χ1) is 12.0. The lowest BCUT2D eigenvalue weighted by atomic mass is 10.1. The summed E-state index contributed by atoms with van der Waals surface area (Å²) < 4.78 is 4.94. The van der Waals surface area contributed by atoms with Gasteiger partial charge in [-0.3, -0.25) is 0 Å². The predicted molar refractivity (Wildman–Crippen MR) is 96.7 cm³/mol. The van der Waals surface area contributed by atoms with E-state index in [2.05, 4.69) is 10.6 Å². The van der Waals surface area contributed by atoms with Crippen LogP contribution in [0.5, 0.6) is 0 Å². The third-order valence-electron chi connectivity index (χ3n) is 3.37. The Morgan fingerprint density at radius 3 is 2.36 bits per heavy atom. The maximum absolute atomic E-state index is 12.1. The number of carboxylic acids is 1. The number of carboxylic acid groups (broad SMARTS) is 1. The summed E-state index contributed by atoms with van der Waals surface area (Å²) >= 11 is 1.54. The number of carbonyl (C=O) groups excluding carboxylic acids is 2. The van der Waals surface area contributed by atoms with E-state index in [1.165, 1.54) is 11.8 Å². The number of esters is 1. The molecule has 7 nitrogen and oxygen atoms in total. The van der Waals surface area contributed by atoms with Gasteiger partial charge in [-0.2, -0.15) is 11.8 Å². The molecule has 1 rings (SSSR count). The molecule has 0 fully saturated rings. The Kier molecular flexibility index (Phi) is 9.46. The fourth-order valence-electron chi connectivity index (χ4n) is 2.14. The van der Waals surface area contributed by atoms with Gasteiger partial charge in [0, 0.05) is 6.42 Å². The molecule has 2 amide bonds. The lowest BCUT2D eigenvalue weighted by Crippen LogP contribution is -2.52. The van der Waals surface area contributed by atoms with Gasteiger partial charge in [0.25, 0.3) is 0 Å². The van der Waals surface area contributed by atoms with Crippen molar-refractivity contribution in [3.63, 3.8) is 0 Å². The van der Waals surface area contributed by atoms with Crippen molar-refractivity contribution in [2.45, 2.75) is 31.8 Å². The normalized spacial score (nSPS) is 12.7. The van der Waals surface area contributed by atoms with Gasteiger partial charge in [-0.05, 0) is 30.9 Å². The van der Waals surface area contributed by atoms with Gasteiger partial charge in [-0.25, -0.2) is 14.4 Å². The van der Waals surface area contributed by atoms with Crippen molar-refractivity contribution < 1.29 is 24.2 Å². The van der Waals surface area contributed by atoms with Crippen LogP contribution in [0.3, 0.4) is 0 Å². The van der Waals surface area contributed by atoms with E-state index in [0.29, 0.717) is 12.2 Å². The highest BCUT2D eigenvalue weighted by Crippen LogP contribution is 2.05. The molecular formula is C17H24N2O5S. The molecule has 0 aromatic heterocycles. The highest BCUT2D eigenvalue weighted by molar-refractivity contribution is 7.98. The van der Waals surface area contributed by atoms with Gasteiger partial charge in [0.2, 0.25) is 0 Å². The SMILES string of the molecule is CCOC(=O)C(CCSC)NC(=O)NC(Cc1ccccc1)C(=O)O. The largest absolute Gasteiger partial charge is 0.480 e. The first-order valence-corrected chi connectivity index (χ1v) is 9.36. The van der Waals surface area contributed by atoms with Gasteiger partial charge < -0.3 is 20.5 Å². The summed E-state index contributed by atoms with van der Waals surface area (Å²) in [6.07, 6.45) is 2.45. The molecule has 25 heavy (non-hydrogen) atoms. The van der Waals surface area contributed by atoms with Gasteiger partial charge in [-0.1, -0.05) is 30.3 Å². The summed E-state index contributed by atoms with van der Waals surface area (Å²) in [7, 11) is 0. The number of ether oxygens (including phenoxy) is 1. The molecule has 0 radical (unpaired) electrons. The molecule has 2 atom stereocenters. The van der Waals surface area contributed by atoms with Crippen LogP contribution in [0.2, 0.25) is 0 Å². The van der Waals surface area contributed by atoms with Gasteiger partial charge in [0.1, 0.15) is 12.1 Å². The Morgan fingerprint density at radius 1 is 1.16 bits per heavy atom. The lowest BCUT2D eigenvalue weighted by molar-refractivity contribution is -0.145. The monoisotopic (exact) mass is 368 g/mol. The Labute approximate surface area is 151 Å². The average molecular weight is 368 g/mol. The number of amides is 2. The van der Waals surface area contributed by atoms with E-state index in [1.54, 1.807) is 31.2 Å². The quantitative estimate of drug-likeness (QED) is 0.543. The average Bonchev–Trinajstić information content (AvgIpc) is 2.59. The van der Waals surface area contributed by atoms with Crippen LogP contribution in [0.4, 0.5) is 4.79 Å². The van der Waals surface area contributed by atoms with E-state index < -0.39 is 30.1 Å². The van der Waals surface area contributed by atoms with E-state index in [0.717, 1.165) is 5.56 Å². The highest BCUT2D eigenvalue weighted by Gasteiger charge is 2.25. The maximum Gasteiger partial charge on any atom is 0.328 e. The first-order valence-electron chi connectivity index (χ1n) is 7.97. The molecule has 0 aliphatic rings. The third kappa shape index (κ3) is 7.93. The summed E-state index contributed by atoms with van der Waals surface area (Å²) in [6, 6.07) is 6.40. The molecular weight excluding hydrogens is 344 g/mol. The fraction of sp³-hybridized carbons (Fsp3) is 0.471. The maximum atomic E-state index is 12.1. The van der Waals surface area contributed by atoms with Gasteiger partial charge in [-0.15, -0.1) is 0 Å². The van der Waals surface area contributed by atoms with Crippen LogP contribution in [0.25, 0.3) is 0 Å². The van der Waals surface area contributed by atoms with Crippen LogP contribution in [0.1, 0.15) is 18.9 Å². The molecule has 1 aromatic rings. The van der Waals surface area contributed by atoms with Crippen LogP contribution in [-0.2, 0) is 20.7 Å². The second-order valence-electron chi connectivity index (χ2n) is 5.28. The second kappa shape index (κ2) is 11.4. The predicted octanol–water partition coefficient (Wildman–Crippen LogP) is 1.67. The standard InChI is InChI=1S/C17H24N2O5S/c1-3-24-16(22)13(9-10-25-2)18-17(23)19-14(15(20)21)11-12-7-5-4-6-8-12/h4-8,13-14H,3,9-11H2,1-2H3,(H,20,21)(H2,18,19,23). The van der Waals surface area contributed by atoms with E-state index in [1.807, 2.05) is 12.3 Å². The summed E-state index contributed by atoms with van der Waals surface area (Å²) in [5, 5.41) is 14.2. The first kappa shape index (κ1) is 20.8. The molecule has 0 saturated carbocycles. The smallest absolute Gasteiger partial charge is 0.328 e. The van der Waals surface area contributed by atoms with Gasteiger partial charge >= 0.3 is 18.0 Å². The van der Waals surface area contributed by atoms with Crippen LogP contribution in [0.15, 0.2) is 30.3 Å². The zero-order chi connectivity index (χ0) is 18.7. The number of hydrogen-bond donors (Lipinski definition) is 3. The van der Waals surface area contributed by atoms with Gasteiger partial charge in [0.05, 0.1) is 6.61 Å². The third-order valence-corrected chi connectivity index (χ3v) is 4.02. The Balaban J connectivity index is 2.67. The Bertz CT molecular complexity index is 567. The molecule has 0 spiro atoms. The molecule has 0 heterocycles. The molecule has 138 valence electrons. The minimum atomic E-state index is -1.14. The van der Waals surface area contributed by atoms with Crippen molar-refractivity contribution in [3.05, 3.63) is 35.9 Å². The fourth-order valence-corrected chi connectivity index (χ4v) is 2.61. The molecule has 0 aliphatic heterocycles. The molecule has 2 unspecified atom stereocenters. The van der Waals surface area contributed by atoms with Crippen molar-refractivity contribution in [2.75, 3.05) is 18.6 Å². The summed E-state index contributed by atoms with van der Waals surface area (Å²) in [5.74, 6) is -1.01. The second-order valence-corrected chi connectivity index (χ2v) is 6.27. The van der Waals surface area contributed by atoms with Crippen LogP contribution >= 0.6 is 11.8 Å². The summed E-state index contributed by atoms with van der Waals surface area (Å²) in [5.41, 5.74) is 0.791. The van der Waals surface area contributed by atoms with Crippen molar-refractivity contribution in [1.29, 1.82) is 0 Å².